The van der Waals surface area contributed by atoms with Crippen molar-refractivity contribution >= 4 is 5.69 Å². The molecule has 0 saturated heterocycles. The van der Waals surface area contributed by atoms with Crippen LogP contribution in [0.15, 0.2) is 18.5 Å². The van der Waals surface area contributed by atoms with E-state index in [0.717, 1.165) is 18.7 Å². The molecule has 0 amide bonds. The second kappa shape index (κ2) is 5.82. The maximum atomic E-state index is 13.3. The number of hydrogen-bond acceptors (Lipinski definition) is 3. The van der Waals surface area contributed by atoms with Crippen LogP contribution in [0, 0.1) is 26.6 Å². The van der Waals surface area contributed by atoms with Crippen molar-refractivity contribution < 1.29 is 4.39 Å². The van der Waals surface area contributed by atoms with Crippen LogP contribution in [-0.4, -0.2) is 21.3 Å². The summed E-state index contributed by atoms with van der Waals surface area (Å²) in [5.41, 5.74) is 4.02. The van der Waals surface area contributed by atoms with Gasteiger partial charge in [0.1, 0.15) is 0 Å². The van der Waals surface area contributed by atoms with Crippen LogP contribution in [0.3, 0.4) is 0 Å². The van der Waals surface area contributed by atoms with Gasteiger partial charge in [0.15, 0.2) is 5.82 Å². The average molecular weight is 262 g/mol. The number of nitrogens with zero attached hydrogens (tertiary/aromatic N) is 3. The zero-order valence-electron chi connectivity index (χ0n) is 11.6. The minimum atomic E-state index is -0.315. The van der Waals surface area contributed by atoms with Gasteiger partial charge in [-0.05, 0) is 38.8 Å². The van der Waals surface area contributed by atoms with E-state index in [9.17, 15) is 4.39 Å². The lowest BCUT2D eigenvalue weighted by atomic mass is 10.2. The molecule has 0 aliphatic rings. The molecule has 5 heteroatoms. The van der Waals surface area contributed by atoms with Crippen molar-refractivity contribution in [3.63, 3.8) is 0 Å². The fraction of sp³-hybridized carbons (Fsp3) is 0.429. The largest absolute Gasteiger partial charge is 0.383 e. The minimum absolute atomic E-state index is 0.315. The summed E-state index contributed by atoms with van der Waals surface area (Å²) in [4.78, 5) is 3.72. The van der Waals surface area contributed by atoms with E-state index in [1.807, 2.05) is 11.6 Å². The molecule has 2 rings (SSSR count). The highest BCUT2D eigenvalue weighted by molar-refractivity contribution is 5.42. The Morgan fingerprint density at radius 3 is 2.74 bits per heavy atom. The molecule has 1 N–H and O–H groups in total. The highest BCUT2D eigenvalue weighted by atomic mass is 19.1. The standard InChI is InChI=1S/C14H19FN4/c1-10-11(2)18-19(12(10)3)8-4-6-17-14-5-7-16-9-13(14)15/h5,7,9H,4,6,8H2,1-3H3,(H,16,17). The van der Waals surface area contributed by atoms with Crippen LogP contribution in [-0.2, 0) is 6.54 Å². The topological polar surface area (TPSA) is 42.7 Å². The molecule has 0 bridgehead atoms. The number of hydrogen-bond donors (Lipinski definition) is 1. The third kappa shape index (κ3) is 3.10. The Hall–Kier alpha value is -1.91. The van der Waals surface area contributed by atoms with Crippen molar-refractivity contribution in [2.45, 2.75) is 33.7 Å². The molecule has 2 aromatic rings. The number of aromatic nitrogens is 3. The van der Waals surface area contributed by atoms with Crippen molar-refractivity contribution in [1.29, 1.82) is 0 Å². The van der Waals surface area contributed by atoms with Gasteiger partial charge < -0.3 is 5.32 Å². The van der Waals surface area contributed by atoms with Crippen LogP contribution in [0.25, 0.3) is 0 Å². The lowest BCUT2D eigenvalue weighted by Gasteiger charge is -2.08. The van der Waals surface area contributed by atoms with E-state index in [2.05, 4.69) is 29.2 Å². The van der Waals surface area contributed by atoms with Crippen molar-refractivity contribution in [2.75, 3.05) is 11.9 Å². The van der Waals surface area contributed by atoms with Gasteiger partial charge in [0.25, 0.3) is 0 Å². The molecule has 2 aromatic heterocycles. The number of rotatable bonds is 5. The fourth-order valence-electron chi connectivity index (χ4n) is 1.97. The molecule has 0 fully saturated rings. The van der Waals surface area contributed by atoms with Gasteiger partial charge in [0.2, 0.25) is 0 Å². The van der Waals surface area contributed by atoms with E-state index in [-0.39, 0.29) is 5.82 Å². The monoisotopic (exact) mass is 262 g/mol. The highest BCUT2D eigenvalue weighted by Crippen LogP contribution is 2.12. The lowest BCUT2D eigenvalue weighted by Crippen LogP contribution is -2.09. The lowest BCUT2D eigenvalue weighted by molar-refractivity contribution is 0.571. The van der Waals surface area contributed by atoms with Crippen molar-refractivity contribution in [2.24, 2.45) is 0 Å². The molecule has 0 unspecified atom stereocenters. The Morgan fingerprint density at radius 1 is 1.32 bits per heavy atom. The Balaban J connectivity index is 1.84. The fourth-order valence-corrected chi connectivity index (χ4v) is 1.97. The summed E-state index contributed by atoms with van der Waals surface area (Å²) in [6.07, 6.45) is 3.69. The van der Waals surface area contributed by atoms with Gasteiger partial charge in [-0.1, -0.05) is 0 Å². The van der Waals surface area contributed by atoms with Crippen LogP contribution >= 0.6 is 0 Å². The Morgan fingerprint density at radius 2 is 2.11 bits per heavy atom. The van der Waals surface area contributed by atoms with Gasteiger partial charge in [-0.2, -0.15) is 5.10 Å². The Bertz CT molecular complexity index is 563. The van der Waals surface area contributed by atoms with E-state index < -0.39 is 0 Å². The van der Waals surface area contributed by atoms with Gasteiger partial charge in [0.05, 0.1) is 17.6 Å². The molecule has 0 radical (unpaired) electrons. The first-order valence-corrected chi connectivity index (χ1v) is 6.43. The van der Waals surface area contributed by atoms with Crippen LogP contribution in [0.4, 0.5) is 10.1 Å². The van der Waals surface area contributed by atoms with Gasteiger partial charge >= 0.3 is 0 Å². The molecule has 19 heavy (non-hydrogen) atoms. The first-order valence-electron chi connectivity index (χ1n) is 6.43. The summed E-state index contributed by atoms with van der Waals surface area (Å²) in [6, 6.07) is 1.64. The molecule has 4 nitrogen and oxygen atoms in total. The summed E-state index contributed by atoms with van der Waals surface area (Å²) in [5.74, 6) is -0.315. The second-order valence-electron chi connectivity index (χ2n) is 4.65. The summed E-state index contributed by atoms with van der Waals surface area (Å²) in [6.45, 7) is 7.71. The third-order valence-electron chi connectivity index (χ3n) is 3.38. The van der Waals surface area contributed by atoms with E-state index in [4.69, 9.17) is 0 Å². The molecule has 0 aliphatic heterocycles. The quantitative estimate of drug-likeness (QED) is 0.843. The molecule has 102 valence electrons. The van der Waals surface area contributed by atoms with Gasteiger partial charge in [-0.25, -0.2) is 4.39 Å². The number of halogens is 1. The van der Waals surface area contributed by atoms with Gasteiger partial charge in [-0.3, -0.25) is 9.67 Å². The third-order valence-corrected chi connectivity index (χ3v) is 3.38. The number of nitrogens with one attached hydrogen (secondary N) is 1. The maximum Gasteiger partial charge on any atom is 0.164 e. The van der Waals surface area contributed by atoms with E-state index in [1.165, 1.54) is 17.5 Å². The van der Waals surface area contributed by atoms with Crippen molar-refractivity contribution in [3.8, 4) is 0 Å². The van der Waals surface area contributed by atoms with Crippen molar-refractivity contribution in [3.05, 3.63) is 41.2 Å². The summed E-state index contributed by atoms with van der Waals surface area (Å²) in [7, 11) is 0. The van der Waals surface area contributed by atoms with E-state index >= 15 is 0 Å². The summed E-state index contributed by atoms with van der Waals surface area (Å²) < 4.78 is 15.3. The molecule has 0 saturated carbocycles. The number of aryl methyl sites for hydroxylation is 2. The first-order chi connectivity index (χ1) is 9.09. The molecular weight excluding hydrogens is 243 g/mol. The van der Waals surface area contributed by atoms with Crippen LogP contribution < -0.4 is 5.32 Å². The maximum absolute atomic E-state index is 13.3. The Kier molecular flexibility index (Phi) is 4.14. The number of anilines is 1. The smallest absolute Gasteiger partial charge is 0.164 e. The molecule has 0 spiro atoms. The summed E-state index contributed by atoms with van der Waals surface area (Å²) in [5, 5.41) is 7.54. The van der Waals surface area contributed by atoms with Crippen LogP contribution in [0.2, 0.25) is 0 Å². The predicted molar refractivity (Wildman–Crippen MR) is 73.7 cm³/mol. The molecule has 2 heterocycles. The minimum Gasteiger partial charge on any atom is -0.383 e. The Labute approximate surface area is 112 Å². The summed E-state index contributed by atoms with van der Waals surface area (Å²) >= 11 is 0. The van der Waals surface area contributed by atoms with Crippen LogP contribution in [0.1, 0.15) is 23.4 Å². The zero-order chi connectivity index (χ0) is 13.8. The van der Waals surface area contributed by atoms with E-state index in [0.29, 0.717) is 12.2 Å². The second-order valence-corrected chi connectivity index (χ2v) is 4.65. The molecular formula is C14H19FN4. The van der Waals surface area contributed by atoms with Crippen molar-refractivity contribution in [1.82, 2.24) is 14.8 Å². The SMILES string of the molecule is Cc1nn(CCCNc2ccncc2F)c(C)c1C. The average Bonchev–Trinajstić information content (AvgIpc) is 2.64. The molecule has 0 aliphatic carbocycles. The highest BCUT2D eigenvalue weighted by Gasteiger charge is 2.06. The number of pyridine rings is 1. The van der Waals surface area contributed by atoms with Gasteiger partial charge in [0, 0.05) is 25.0 Å². The van der Waals surface area contributed by atoms with Gasteiger partial charge in [-0.15, -0.1) is 0 Å². The normalized spacial score (nSPS) is 10.7. The zero-order valence-corrected chi connectivity index (χ0v) is 11.6. The molecule has 0 aromatic carbocycles. The predicted octanol–water partition coefficient (Wildman–Crippen LogP) is 2.84. The molecule has 0 atom stereocenters. The first kappa shape index (κ1) is 13.5. The van der Waals surface area contributed by atoms with Crippen LogP contribution in [0.5, 0.6) is 0 Å². The van der Waals surface area contributed by atoms with E-state index in [1.54, 1.807) is 12.3 Å².